The van der Waals surface area contributed by atoms with Crippen LogP contribution in [0.3, 0.4) is 0 Å². The fraction of sp³-hybridized carbons (Fsp3) is 0.316. The summed E-state index contributed by atoms with van der Waals surface area (Å²) in [6.07, 6.45) is 1.64. The molecule has 120 valence electrons. The fourth-order valence-corrected chi connectivity index (χ4v) is 3.87. The summed E-state index contributed by atoms with van der Waals surface area (Å²) in [7, 11) is 0. The first-order chi connectivity index (χ1) is 11.1. The van der Waals surface area contributed by atoms with Crippen molar-refractivity contribution in [3.05, 3.63) is 69.7 Å². The van der Waals surface area contributed by atoms with E-state index in [2.05, 4.69) is 58.1 Å². The Morgan fingerprint density at radius 1 is 1.22 bits per heavy atom. The summed E-state index contributed by atoms with van der Waals surface area (Å²) in [5, 5.41) is 9.58. The van der Waals surface area contributed by atoms with Gasteiger partial charge in [0.25, 0.3) is 0 Å². The van der Waals surface area contributed by atoms with Crippen molar-refractivity contribution in [1.29, 1.82) is 0 Å². The van der Waals surface area contributed by atoms with Crippen LogP contribution in [-0.2, 0) is 4.79 Å². The van der Waals surface area contributed by atoms with Gasteiger partial charge in [-0.15, -0.1) is 0 Å². The van der Waals surface area contributed by atoms with Gasteiger partial charge in [-0.05, 0) is 43.0 Å². The van der Waals surface area contributed by atoms with Crippen LogP contribution in [0.15, 0.2) is 53.0 Å². The second-order valence-electron chi connectivity index (χ2n) is 6.11. The number of aryl methyl sites for hydroxylation is 1. The summed E-state index contributed by atoms with van der Waals surface area (Å²) < 4.78 is 1.01. The Bertz CT molecular complexity index is 671. The topological polar surface area (TPSA) is 40.5 Å². The number of halogens is 1. The van der Waals surface area contributed by atoms with Crippen molar-refractivity contribution in [2.45, 2.75) is 31.8 Å². The van der Waals surface area contributed by atoms with Crippen LogP contribution in [0, 0.1) is 6.92 Å². The maximum atomic E-state index is 11.7. The van der Waals surface area contributed by atoms with Crippen LogP contribution in [0.5, 0.6) is 0 Å². The molecule has 3 nitrogen and oxygen atoms in total. The summed E-state index contributed by atoms with van der Waals surface area (Å²) in [4.78, 5) is 13.8. The van der Waals surface area contributed by atoms with E-state index in [1.807, 2.05) is 18.2 Å². The number of carbonyl (C=O) groups is 1. The van der Waals surface area contributed by atoms with E-state index < -0.39 is 12.0 Å². The maximum absolute atomic E-state index is 11.7. The smallest absolute Gasteiger partial charge is 0.320 e. The molecule has 1 fully saturated rings. The van der Waals surface area contributed by atoms with Crippen LogP contribution in [0.2, 0.25) is 0 Å². The third kappa shape index (κ3) is 3.48. The Labute approximate surface area is 145 Å². The van der Waals surface area contributed by atoms with E-state index in [9.17, 15) is 9.90 Å². The Morgan fingerprint density at radius 3 is 2.57 bits per heavy atom. The van der Waals surface area contributed by atoms with Gasteiger partial charge >= 0.3 is 5.97 Å². The quantitative estimate of drug-likeness (QED) is 0.863. The molecule has 2 unspecified atom stereocenters. The lowest BCUT2D eigenvalue weighted by atomic mass is 9.95. The van der Waals surface area contributed by atoms with Gasteiger partial charge in [0.2, 0.25) is 0 Å². The first-order valence-corrected chi connectivity index (χ1v) is 8.66. The highest BCUT2D eigenvalue weighted by Crippen LogP contribution is 2.36. The van der Waals surface area contributed by atoms with Crippen molar-refractivity contribution in [3.8, 4) is 0 Å². The molecule has 23 heavy (non-hydrogen) atoms. The highest BCUT2D eigenvalue weighted by atomic mass is 79.9. The van der Waals surface area contributed by atoms with Gasteiger partial charge in [0, 0.05) is 11.0 Å². The highest BCUT2D eigenvalue weighted by Gasteiger charge is 2.36. The zero-order valence-corrected chi connectivity index (χ0v) is 14.7. The van der Waals surface area contributed by atoms with Gasteiger partial charge in [-0.1, -0.05) is 57.9 Å². The molecule has 0 aromatic heterocycles. The van der Waals surface area contributed by atoms with Crippen molar-refractivity contribution < 1.29 is 9.90 Å². The molecular formula is C19H20BrNO2. The number of carboxylic acids is 1. The van der Waals surface area contributed by atoms with E-state index in [0.717, 1.165) is 28.6 Å². The van der Waals surface area contributed by atoms with Crippen LogP contribution in [-0.4, -0.2) is 28.6 Å². The van der Waals surface area contributed by atoms with Gasteiger partial charge in [-0.3, -0.25) is 9.69 Å². The fourth-order valence-electron chi connectivity index (χ4n) is 3.46. The minimum Gasteiger partial charge on any atom is -0.480 e. The number of likely N-dealkylation sites (tertiary alicyclic amines) is 1. The summed E-state index contributed by atoms with van der Waals surface area (Å²) in [5.41, 5.74) is 3.46. The molecular weight excluding hydrogens is 354 g/mol. The minimum absolute atomic E-state index is 0.0315. The van der Waals surface area contributed by atoms with Crippen molar-refractivity contribution in [2.24, 2.45) is 0 Å². The molecule has 1 N–H and O–H groups in total. The number of hydrogen-bond donors (Lipinski definition) is 1. The lowest BCUT2D eigenvalue weighted by molar-refractivity contribution is -0.142. The Hall–Kier alpha value is -1.65. The van der Waals surface area contributed by atoms with E-state index in [4.69, 9.17) is 0 Å². The second kappa shape index (κ2) is 6.85. The van der Waals surface area contributed by atoms with E-state index in [-0.39, 0.29) is 6.04 Å². The predicted octanol–water partition coefficient (Wildman–Crippen LogP) is 4.40. The number of rotatable bonds is 4. The van der Waals surface area contributed by atoms with Gasteiger partial charge < -0.3 is 5.11 Å². The van der Waals surface area contributed by atoms with Gasteiger partial charge in [-0.2, -0.15) is 0 Å². The second-order valence-corrected chi connectivity index (χ2v) is 7.02. The number of aliphatic carboxylic acids is 1. The molecule has 4 heteroatoms. The van der Waals surface area contributed by atoms with E-state index in [1.54, 1.807) is 0 Å². The first kappa shape index (κ1) is 16.2. The molecule has 2 aromatic rings. The SMILES string of the molecule is Cc1cccc(C(c2cccc(Br)c2)N2CCCC2C(=O)O)c1. The number of benzene rings is 2. The predicted molar refractivity (Wildman–Crippen MR) is 94.5 cm³/mol. The van der Waals surface area contributed by atoms with Gasteiger partial charge in [-0.25, -0.2) is 0 Å². The lowest BCUT2D eigenvalue weighted by Gasteiger charge is -2.32. The molecule has 0 saturated carbocycles. The van der Waals surface area contributed by atoms with Crippen LogP contribution in [0.1, 0.15) is 35.6 Å². The van der Waals surface area contributed by atoms with Crippen LogP contribution in [0.4, 0.5) is 0 Å². The number of carboxylic acid groups (broad SMARTS) is 1. The van der Waals surface area contributed by atoms with Crippen LogP contribution < -0.4 is 0 Å². The summed E-state index contributed by atoms with van der Waals surface area (Å²) in [6, 6.07) is 16.1. The highest BCUT2D eigenvalue weighted by molar-refractivity contribution is 9.10. The van der Waals surface area contributed by atoms with E-state index >= 15 is 0 Å². The molecule has 0 aliphatic carbocycles. The third-order valence-electron chi connectivity index (χ3n) is 4.43. The molecule has 1 heterocycles. The van der Waals surface area contributed by atoms with Gasteiger partial charge in [0.1, 0.15) is 6.04 Å². The molecule has 3 rings (SSSR count). The van der Waals surface area contributed by atoms with Gasteiger partial charge in [0.05, 0.1) is 6.04 Å². The largest absolute Gasteiger partial charge is 0.480 e. The standard InChI is InChI=1S/C19H20BrNO2/c1-13-5-2-6-14(11-13)18(15-7-3-8-16(20)12-15)21-10-4-9-17(21)19(22)23/h2-3,5-8,11-12,17-18H,4,9-10H2,1H3,(H,22,23). The maximum Gasteiger partial charge on any atom is 0.320 e. The zero-order valence-electron chi connectivity index (χ0n) is 13.1. The normalized spacial score (nSPS) is 19.7. The molecule has 2 atom stereocenters. The summed E-state index contributed by atoms with van der Waals surface area (Å²) in [5.74, 6) is -0.727. The molecule has 1 aliphatic heterocycles. The Kier molecular flexibility index (Phi) is 4.83. The van der Waals surface area contributed by atoms with E-state index in [0.29, 0.717) is 6.42 Å². The molecule has 0 amide bonds. The molecule has 2 aromatic carbocycles. The third-order valence-corrected chi connectivity index (χ3v) is 4.93. The molecule has 1 saturated heterocycles. The average Bonchev–Trinajstić information content (AvgIpc) is 2.97. The Morgan fingerprint density at radius 2 is 1.91 bits per heavy atom. The summed E-state index contributed by atoms with van der Waals surface area (Å²) in [6.45, 7) is 2.88. The molecule has 1 aliphatic rings. The van der Waals surface area contributed by atoms with E-state index in [1.165, 1.54) is 5.56 Å². The number of nitrogens with zero attached hydrogens (tertiary/aromatic N) is 1. The first-order valence-electron chi connectivity index (χ1n) is 7.87. The van der Waals surface area contributed by atoms with Crippen molar-refractivity contribution in [2.75, 3.05) is 6.54 Å². The van der Waals surface area contributed by atoms with Gasteiger partial charge in [0.15, 0.2) is 0 Å². The molecule has 0 spiro atoms. The molecule has 0 radical (unpaired) electrons. The zero-order chi connectivity index (χ0) is 16.4. The lowest BCUT2D eigenvalue weighted by Crippen LogP contribution is -2.39. The number of hydrogen-bond acceptors (Lipinski definition) is 2. The Balaban J connectivity index is 2.08. The monoisotopic (exact) mass is 373 g/mol. The summed E-state index contributed by atoms with van der Waals surface area (Å²) >= 11 is 3.54. The van der Waals surface area contributed by atoms with Crippen LogP contribution >= 0.6 is 15.9 Å². The minimum atomic E-state index is -0.727. The average molecular weight is 374 g/mol. The van der Waals surface area contributed by atoms with Crippen molar-refractivity contribution >= 4 is 21.9 Å². The molecule has 0 bridgehead atoms. The van der Waals surface area contributed by atoms with Crippen LogP contribution in [0.25, 0.3) is 0 Å². The van der Waals surface area contributed by atoms with Crippen molar-refractivity contribution in [1.82, 2.24) is 4.90 Å². The van der Waals surface area contributed by atoms with Crippen molar-refractivity contribution in [3.63, 3.8) is 0 Å².